The Morgan fingerprint density at radius 1 is 1.33 bits per heavy atom. The van der Waals surface area contributed by atoms with Crippen molar-refractivity contribution in [1.82, 2.24) is 4.98 Å². The normalized spacial score (nSPS) is 10.4. The molecule has 0 fully saturated rings. The molecule has 0 spiro atoms. The Morgan fingerprint density at radius 3 is 2.83 bits per heavy atom. The van der Waals surface area contributed by atoms with Gasteiger partial charge >= 0.3 is 0 Å². The van der Waals surface area contributed by atoms with Gasteiger partial charge in [0, 0.05) is 28.0 Å². The highest BCUT2D eigenvalue weighted by atomic mass is 79.9. The lowest BCUT2D eigenvalue weighted by Gasteiger charge is -2.11. The molecule has 0 radical (unpaired) electrons. The van der Waals surface area contributed by atoms with Crippen LogP contribution in [0, 0.1) is 12.7 Å². The number of halogens is 3. The van der Waals surface area contributed by atoms with Crippen molar-refractivity contribution < 1.29 is 9.13 Å². The lowest BCUT2D eigenvalue weighted by atomic mass is 10.2. The molecule has 0 N–H and O–H groups in total. The van der Waals surface area contributed by atoms with Crippen molar-refractivity contribution in [3.8, 4) is 11.5 Å². The number of aryl methyl sites for hydroxylation is 1. The number of ether oxygens (including phenoxy) is 1. The third-order valence-corrected chi connectivity index (χ3v) is 3.12. The molecule has 94 valence electrons. The van der Waals surface area contributed by atoms with Crippen LogP contribution in [0.3, 0.4) is 0 Å². The van der Waals surface area contributed by atoms with Gasteiger partial charge in [-0.3, -0.25) is 4.98 Å². The van der Waals surface area contributed by atoms with Gasteiger partial charge in [0.1, 0.15) is 5.75 Å². The van der Waals surface area contributed by atoms with Crippen LogP contribution in [-0.4, -0.2) is 4.98 Å². The van der Waals surface area contributed by atoms with E-state index in [4.69, 9.17) is 16.3 Å². The first kappa shape index (κ1) is 13.3. The molecule has 2 aromatic rings. The molecule has 1 aromatic carbocycles. The molecule has 0 aliphatic rings. The van der Waals surface area contributed by atoms with E-state index in [-0.39, 0.29) is 11.6 Å². The molecule has 0 aliphatic heterocycles. The van der Waals surface area contributed by atoms with E-state index in [0.29, 0.717) is 5.75 Å². The predicted octanol–water partition coefficient (Wildman–Crippen LogP) is 4.82. The van der Waals surface area contributed by atoms with Crippen LogP contribution < -0.4 is 4.74 Å². The van der Waals surface area contributed by atoms with Crippen molar-refractivity contribution in [2.75, 3.05) is 0 Å². The van der Waals surface area contributed by atoms with Gasteiger partial charge in [-0.05, 0) is 25.1 Å². The van der Waals surface area contributed by atoms with E-state index in [2.05, 4.69) is 20.9 Å². The Hall–Kier alpha value is -1.13. The second kappa shape index (κ2) is 5.67. The Kier molecular flexibility index (Phi) is 4.19. The molecule has 0 bridgehead atoms. The van der Waals surface area contributed by atoms with Crippen molar-refractivity contribution in [2.24, 2.45) is 0 Å². The van der Waals surface area contributed by atoms with Crippen LogP contribution in [0.4, 0.5) is 4.39 Å². The standard InChI is InChI=1S/C13H10BrClFNO/c1-8-4-12(9(6-15)7-17-8)18-13-5-10(14)2-3-11(13)16/h2-5,7H,6H2,1H3. The summed E-state index contributed by atoms with van der Waals surface area (Å²) in [6.45, 7) is 1.84. The van der Waals surface area contributed by atoms with Gasteiger partial charge in [0.05, 0.1) is 5.88 Å². The van der Waals surface area contributed by atoms with E-state index < -0.39 is 5.82 Å². The third kappa shape index (κ3) is 3.00. The molecule has 0 unspecified atom stereocenters. The average molecular weight is 331 g/mol. The summed E-state index contributed by atoms with van der Waals surface area (Å²) in [5.74, 6) is 0.516. The van der Waals surface area contributed by atoms with Crippen molar-refractivity contribution in [3.05, 3.63) is 52.0 Å². The largest absolute Gasteiger partial charge is 0.454 e. The van der Waals surface area contributed by atoms with Gasteiger partial charge in [-0.1, -0.05) is 15.9 Å². The van der Waals surface area contributed by atoms with Gasteiger partial charge < -0.3 is 4.74 Å². The number of alkyl halides is 1. The summed E-state index contributed by atoms with van der Waals surface area (Å²) in [6.07, 6.45) is 1.63. The number of nitrogens with zero attached hydrogens (tertiary/aromatic N) is 1. The Balaban J connectivity index is 2.38. The molecular weight excluding hydrogens is 321 g/mol. The lowest BCUT2D eigenvalue weighted by molar-refractivity contribution is 0.438. The highest BCUT2D eigenvalue weighted by Gasteiger charge is 2.09. The zero-order valence-electron chi connectivity index (χ0n) is 9.58. The van der Waals surface area contributed by atoms with Gasteiger partial charge in [-0.2, -0.15) is 0 Å². The number of benzene rings is 1. The van der Waals surface area contributed by atoms with E-state index in [0.717, 1.165) is 15.7 Å². The first-order valence-electron chi connectivity index (χ1n) is 5.24. The molecule has 2 nitrogen and oxygen atoms in total. The van der Waals surface area contributed by atoms with Crippen molar-refractivity contribution >= 4 is 27.5 Å². The minimum Gasteiger partial charge on any atom is -0.454 e. The summed E-state index contributed by atoms with van der Waals surface area (Å²) >= 11 is 9.07. The number of hydrogen-bond acceptors (Lipinski definition) is 2. The van der Waals surface area contributed by atoms with Gasteiger partial charge in [0.15, 0.2) is 11.6 Å². The third-order valence-electron chi connectivity index (χ3n) is 2.34. The summed E-state index contributed by atoms with van der Waals surface area (Å²) in [7, 11) is 0. The van der Waals surface area contributed by atoms with Crippen LogP contribution in [-0.2, 0) is 5.88 Å². The summed E-state index contributed by atoms with van der Waals surface area (Å²) < 4.78 is 19.9. The Morgan fingerprint density at radius 2 is 2.11 bits per heavy atom. The summed E-state index contributed by atoms with van der Waals surface area (Å²) in [5.41, 5.74) is 1.51. The Bertz CT molecular complexity index is 577. The highest BCUT2D eigenvalue weighted by molar-refractivity contribution is 9.10. The summed E-state index contributed by atoms with van der Waals surface area (Å²) in [6, 6.07) is 6.26. The SMILES string of the molecule is Cc1cc(Oc2cc(Br)ccc2F)c(CCl)cn1. The van der Waals surface area contributed by atoms with E-state index in [1.165, 1.54) is 6.07 Å². The molecule has 0 saturated heterocycles. The van der Waals surface area contributed by atoms with Crippen LogP contribution in [0.5, 0.6) is 11.5 Å². The minimum atomic E-state index is -0.423. The van der Waals surface area contributed by atoms with E-state index in [1.807, 2.05) is 6.92 Å². The van der Waals surface area contributed by atoms with Gasteiger partial charge in [0.2, 0.25) is 0 Å². The molecule has 1 heterocycles. The smallest absolute Gasteiger partial charge is 0.165 e. The average Bonchev–Trinajstić information content (AvgIpc) is 2.34. The quantitative estimate of drug-likeness (QED) is 0.753. The fourth-order valence-electron chi connectivity index (χ4n) is 1.43. The second-order valence-electron chi connectivity index (χ2n) is 3.74. The van der Waals surface area contributed by atoms with Gasteiger partial charge in [0.25, 0.3) is 0 Å². The zero-order valence-corrected chi connectivity index (χ0v) is 11.9. The van der Waals surface area contributed by atoms with Crippen molar-refractivity contribution in [3.63, 3.8) is 0 Å². The lowest BCUT2D eigenvalue weighted by Crippen LogP contribution is -1.94. The maximum absolute atomic E-state index is 13.6. The van der Waals surface area contributed by atoms with Gasteiger partial charge in [-0.25, -0.2) is 4.39 Å². The summed E-state index contributed by atoms with van der Waals surface area (Å²) in [5, 5.41) is 0. The van der Waals surface area contributed by atoms with Crippen LogP contribution in [0.2, 0.25) is 0 Å². The predicted molar refractivity (Wildman–Crippen MR) is 72.7 cm³/mol. The van der Waals surface area contributed by atoms with Crippen LogP contribution in [0.25, 0.3) is 0 Å². The molecule has 0 saturated carbocycles. The highest BCUT2D eigenvalue weighted by Crippen LogP contribution is 2.30. The van der Waals surface area contributed by atoms with Gasteiger partial charge in [-0.15, -0.1) is 11.6 Å². The number of rotatable bonds is 3. The minimum absolute atomic E-state index is 0.154. The zero-order chi connectivity index (χ0) is 13.1. The first-order chi connectivity index (χ1) is 8.60. The van der Waals surface area contributed by atoms with Crippen molar-refractivity contribution in [2.45, 2.75) is 12.8 Å². The molecule has 0 atom stereocenters. The number of aromatic nitrogens is 1. The van der Waals surface area contributed by atoms with Crippen LogP contribution in [0.1, 0.15) is 11.3 Å². The fraction of sp³-hybridized carbons (Fsp3) is 0.154. The number of hydrogen-bond donors (Lipinski definition) is 0. The van der Waals surface area contributed by atoms with E-state index >= 15 is 0 Å². The monoisotopic (exact) mass is 329 g/mol. The maximum atomic E-state index is 13.6. The second-order valence-corrected chi connectivity index (χ2v) is 4.93. The maximum Gasteiger partial charge on any atom is 0.165 e. The van der Waals surface area contributed by atoms with E-state index in [1.54, 1.807) is 24.4 Å². The molecule has 1 aromatic heterocycles. The summed E-state index contributed by atoms with van der Waals surface area (Å²) in [4.78, 5) is 4.12. The van der Waals surface area contributed by atoms with Crippen LogP contribution in [0.15, 0.2) is 34.9 Å². The van der Waals surface area contributed by atoms with E-state index in [9.17, 15) is 4.39 Å². The first-order valence-corrected chi connectivity index (χ1v) is 6.57. The topological polar surface area (TPSA) is 22.1 Å². The molecular formula is C13H10BrClFNO. The van der Waals surface area contributed by atoms with Crippen LogP contribution >= 0.6 is 27.5 Å². The van der Waals surface area contributed by atoms with Crippen molar-refractivity contribution in [1.29, 1.82) is 0 Å². The molecule has 18 heavy (non-hydrogen) atoms. The molecule has 0 amide bonds. The molecule has 0 aliphatic carbocycles. The fourth-order valence-corrected chi connectivity index (χ4v) is 1.97. The number of pyridine rings is 1. The Labute approximate surface area is 118 Å². The molecule has 2 rings (SSSR count). The molecule has 5 heteroatoms.